The zero-order valence-electron chi connectivity index (χ0n) is 21.0. The number of hydrogen-bond acceptors (Lipinski definition) is 5. The van der Waals surface area contributed by atoms with Gasteiger partial charge in [-0.05, 0) is 29.7 Å². The van der Waals surface area contributed by atoms with Gasteiger partial charge in [-0.25, -0.2) is 9.38 Å². The number of para-hydroxylation sites is 1. The Morgan fingerprint density at radius 1 is 0.838 bits per heavy atom. The molecule has 1 amide bonds. The van der Waals surface area contributed by atoms with Gasteiger partial charge in [-0.2, -0.15) is 0 Å². The Labute approximate surface area is 216 Å². The molecule has 1 saturated heterocycles. The molecule has 1 aliphatic rings. The summed E-state index contributed by atoms with van der Waals surface area (Å²) in [6, 6.07) is 28.5. The van der Waals surface area contributed by atoms with Crippen LogP contribution in [0.15, 0.2) is 84.9 Å². The molecule has 0 aliphatic carbocycles. The normalized spacial score (nSPS) is 14.8. The zero-order chi connectivity index (χ0) is 25.2. The number of piperazine rings is 1. The van der Waals surface area contributed by atoms with Crippen molar-refractivity contribution >= 4 is 28.4 Å². The first-order chi connectivity index (χ1) is 18.2. The quantitative estimate of drug-likeness (QED) is 0.345. The molecule has 0 radical (unpaired) electrons. The van der Waals surface area contributed by atoms with Crippen molar-refractivity contribution in [3.63, 3.8) is 0 Å². The van der Waals surface area contributed by atoms with Crippen molar-refractivity contribution in [1.29, 1.82) is 0 Å². The summed E-state index contributed by atoms with van der Waals surface area (Å²) < 4.78 is 2.10. The van der Waals surface area contributed by atoms with Crippen molar-refractivity contribution in [3.05, 3.63) is 102 Å². The number of benzene rings is 3. The third-order valence-electron chi connectivity index (χ3n) is 7.28. The van der Waals surface area contributed by atoms with E-state index in [1.54, 1.807) is 0 Å². The Kier molecular flexibility index (Phi) is 6.26. The highest BCUT2D eigenvalue weighted by molar-refractivity contribution is 5.92. The maximum Gasteiger partial charge on any atom is 0.230 e. The minimum atomic E-state index is -0.103. The van der Waals surface area contributed by atoms with Crippen LogP contribution in [-0.2, 0) is 11.2 Å². The number of fused-ring (bicyclic) bond motifs is 3. The highest BCUT2D eigenvalue weighted by atomic mass is 16.2. The van der Waals surface area contributed by atoms with Crippen molar-refractivity contribution in [2.24, 2.45) is 0 Å². The zero-order valence-corrected chi connectivity index (χ0v) is 21.0. The van der Waals surface area contributed by atoms with Crippen LogP contribution in [0.1, 0.15) is 36.2 Å². The number of carbonyl (C=O) groups excluding carboxylic acids is 1. The molecule has 37 heavy (non-hydrogen) atoms. The molecule has 6 rings (SSSR count). The van der Waals surface area contributed by atoms with Gasteiger partial charge in [0, 0.05) is 38.0 Å². The summed E-state index contributed by atoms with van der Waals surface area (Å²) in [7, 11) is 0. The van der Waals surface area contributed by atoms with Gasteiger partial charge in [0.1, 0.15) is 5.82 Å². The van der Waals surface area contributed by atoms with Crippen LogP contribution in [0.4, 0.5) is 5.95 Å². The van der Waals surface area contributed by atoms with Gasteiger partial charge in [0.2, 0.25) is 11.9 Å². The molecular weight excluding hydrogens is 460 g/mol. The molecule has 0 bridgehead atoms. The first kappa shape index (κ1) is 23.2. The third kappa shape index (κ3) is 4.42. The molecule has 5 aromatic rings. The molecule has 7 nitrogen and oxygen atoms in total. The van der Waals surface area contributed by atoms with Gasteiger partial charge in [-0.1, -0.05) is 79.7 Å². The van der Waals surface area contributed by atoms with Crippen molar-refractivity contribution in [2.45, 2.75) is 25.7 Å². The second kappa shape index (κ2) is 10.0. The number of anilines is 1. The Bertz CT molecular complexity index is 1520. The van der Waals surface area contributed by atoms with E-state index >= 15 is 0 Å². The predicted octanol–water partition coefficient (Wildman–Crippen LogP) is 4.71. The van der Waals surface area contributed by atoms with E-state index < -0.39 is 0 Å². The molecule has 0 N–H and O–H groups in total. The van der Waals surface area contributed by atoms with E-state index in [2.05, 4.69) is 50.7 Å². The summed E-state index contributed by atoms with van der Waals surface area (Å²) in [5, 5.41) is 10.2. The maximum absolute atomic E-state index is 13.4. The van der Waals surface area contributed by atoms with Crippen molar-refractivity contribution in [3.8, 4) is 0 Å². The van der Waals surface area contributed by atoms with Crippen LogP contribution >= 0.6 is 0 Å². The van der Waals surface area contributed by atoms with Gasteiger partial charge in [0.15, 0.2) is 5.65 Å². The highest BCUT2D eigenvalue weighted by Gasteiger charge is 2.29. The average Bonchev–Trinajstić information content (AvgIpc) is 3.38. The van der Waals surface area contributed by atoms with Crippen LogP contribution in [-0.4, -0.2) is 56.6 Å². The summed E-state index contributed by atoms with van der Waals surface area (Å²) >= 11 is 0. The lowest BCUT2D eigenvalue weighted by molar-refractivity contribution is -0.133. The number of aromatic nitrogens is 4. The molecule has 2 aromatic heterocycles. The Morgan fingerprint density at radius 2 is 1.51 bits per heavy atom. The second-order valence-electron chi connectivity index (χ2n) is 9.55. The molecule has 1 unspecified atom stereocenters. The molecule has 3 heterocycles. The van der Waals surface area contributed by atoms with Crippen LogP contribution in [0.5, 0.6) is 0 Å². The summed E-state index contributed by atoms with van der Waals surface area (Å²) in [4.78, 5) is 22.8. The Hall–Kier alpha value is -4.26. The van der Waals surface area contributed by atoms with Crippen molar-refractivity contribution in [2.75, 3.05) is 31.1 Å². The fourth-order valence-electron chi connectivity index (χ4n) is 5.31. The smallest absolute Gasteiger partial charge is 0.230 e. The molecule has 0 spiro atoms. The molecule has 3 aromatic carbocycles. The number of carbonyl (C=O) groups is 1. The number of amides is 1. The van der Waals surface area contributed by atoms with Crippen LogP contribution < -0.4 is 4.90 Å². The van der Waals surface area contributed by atoms with Gasteiger partial charge >= 0.3 is 0 Å². The largest absolute Gasteiger partial charge is 0.339 e. The summed E-state index contributed by atoms with van der Waals surface area (Å²) in [6.07, 6.45) is 1.46. The highest BCUT2D eigenvalue weighted by Crippen LogP contribution is 2.27. The fourth-order valence-corrected chi connectivity index (χ4v) is 5.31. The summed E-state index contributed by atoms with van der Waals surface area (Å²) in [5.74, 6) is 1.81. The Morgan fingerprint density at radius 3 is 2.24 bits per heavy atom. The molecule has 186 valence electrons. The van der Waals surface area contributed by atoms with E-state index in [1.165, 1.54) is 5.56 Å². The topological polar surface area (TPSA) is 66.6 Å². The van der Waals surface area contributed by atoms with Crippen LogP contribution in [0.2, 0.25) is 0 Å². The molecule has 1 aliphatic heterocycles. The van der Waals surface area contributed by atoms with E-state index in [4.69, 9.17) is 4.98 Å². The maximum atomic E-state index is 13.4. The predicted molar refractivity (Wildman–Crippen MR) is 146 cm³/mol. The average molecular weight is 491 g/mol. The first-order valence-electron chi connectivity index (χ1n) is 13.0. The SMILES string of the molecule is CCC(C(=O)N1CCN(c2nc3ccccc3c3nnc(Cc4ccccc4)n23)CC1)c1ccccc1. The van der Waals surface area contributed by atoms with E-state index in [1.807, 2.05) is 65.6 Å². The molecule has 1 atom stereocenters. The van der Waals surface area contributed by atoms with E-state index in [9.17, 15) is 4.79 Å². The Balaban J connectivity index is 1.30. The standard InChI is InChI=1S/C30H30N6O/c1-2-24(23-13-7-4-8-14-23)29(37)34-17-19-35(20-18-34)30-31-26-16-10-9-15-25(26)28-33-32-27(36(28)30)21-22-11-5-3-6-12-22/h3-16,24H,2,17-21H2,1H3. The molecular formula is C30H30N6O. The van der Waals surface area contributed by atoms with Crippen molar-refractivity contribution < 1.29 is 4.79 Å². The number of rotatable bonds is 6. The van der Waals surface area contributed by atoms with Crippen LogP contribution in [0, 0.1) is 0 Å². The lowest BCUT2D eigenvalue weighted by atomic mass is 9.95. The minimum absolute atomic E-state index is 0.103. The van der Waals surface area contributed by atoms with Crippen molar-refractivity contribution in [1.82, 2.24) is 24.5 Å². The van der Waals surface area contributed by atoms with Gasteiger partial charge in [-0.3, -0.25) is 4.79 Å². The van der Waals surface area contributed by atoms with E-state index in [0.717, 1.165) is 40.3 Å². The fraction of sp³-hybridized carbons (Fsp3) is 0.267. The molecule has 0 saturated carbocycles. The molecule has 1 fully saturated rings. The number of nitrogens with zero attached hydrogens (tertiary/aromatic N) is 6. The monoisotopic (exact) mass is 490 g/mol. The number of hydrogen-bond donors (Lipinski definition) is 0. The summed E-state index contributed by atoms with van der Waals surface area (Å²) in [6.45, 7) is 4.82. The van der Waals surface area contributed by atoms with Gasteiger partial charge in [0.05, 0.1) is 11.4 Å². The third-order valence-corrected chi connectivity index (χ3v) is 7.28. The van der Waals surface area contributed by atoms with E-state index in [-0.39, 0.29) is 11.8 Å². The van der Waals surface area contributed by atoms with Gasteiger partial charge < -0.3 is 9.80 Å². The lowest BCUT2D eigenvalue weighted by Gasteiger charge is -2.37. The lowest BCUT2D eigenvalue weighted by Crippen LogP contribution is -2.50. The second-order valence-corrected chi connectivity index (χ2v) is 9.55. The van der Waals surface area contributed by atoms with E-state index in [0.29, 0.717) is 32.6 Å². The van der Waals surface area contributed by atoms with Crippen LogP contribution in [0.25, 0.3) is 16.6 Å². The van der Waals surface area contributed by atoms with Gasteiger partial charge in [0.25, 0.3) is 0 Å². The molecule has 7 heteroatoms. The van der Waals surface area contributed by atoms with Gasteiger partial charge in [-0.15, -0.1) is 10.2 Å². The summed E-state index contributed by atoms with van der Waals surface area (Å²) in [5.41, 5.74) is 3.99. The minimum Gasteiger partial charge on any atom is -0.339 e. The first-order valence-corrected chi connectivity index (χ1v) is 13.0. The van der Waals surface area contributed by atoms with Crippen LogP contribution in [0.3, 0.4) is 0 Å².